The lowest BCUT2D eigenvalue weighted by Crippen LogP contribution is -2.44. The van der Waals surface area contributed by atoms with Gasteiger partial charge in [-0.05, 0) is 26.5 Å². The Morgan fingerprint density at radius 1 is 1.47 bits per heavy atom. The minimum atomic E-state index is 0.319. The Labute approximate surface area is 103 Å². The number of hydrogen-bond donors (Lipinski definition) is 1. The van der Waals surface area contributed by atoms with Crippen molar-refractivity contribution in [3.8, 4) is 0 Å². The van der Waals surface area contributed by atoms with E-state index < -0.39 is 0 Å². The van der Waals surface area contributed by atoms with Gasteiger partial charge in [-0.3, -0.25) is 4.90 Å². The minimum absolute atomic E-state index is 0.319. The van der Waals surface area contributed by atoms with Crippen molar-refractivity contribution in [3.05, 3.63) is 23.3 Å². The van der Waals surface area contributed by atoms with Crippen LogP contribution in [0.5, 0.6) is 0 Å². The van der Waals surface area contributed by atoms with Gasteiger partial charge in [0.25, 0.3) is 0 Å². The van der Waals surface area contributed by atoms with E-state index in [1.807, 2.05) is 0 Å². The molecule has 0 radical (unpaired) electrons. The van der Waals surface area contributed by atoms with Crippen molar-refractivity contribution >= 4 is 0 Å². The summed E-state index contributed by atoms with van der Waals surface area (Å²) in [7, 11) is 2.15. The highest BCUT2D eigenvalue weighted by Crippen LogP contribution is 2.18. The highest BCUT2D eigenvalue weighted by atomic mass is 15.2. The van der Waals surface area contributed by atoms with E-state index in [0.717, 1.165) is 44.0 Å². The fourth-order valence-corrected chi connectivity index (χ4v) is 2.29. The summed E-state index contributed by atoms with van der Waals surface area (Å²) in [5.41, 5.74) is 2.26. The first-order valence-electron chi connectivity index (χ1n) is 6.46. The summed E-state index contributed by atoms with van der Waals surface area (Å²) >= 11 is 0. The molecular weight excluding hydrogens is 212 g/mol. The predicted octanol–water partition coefficient (Wildman–Crippen LogP) is 1.31. The average Bonchev–Trinajstić information content (AvgIpc) is 2.29. The largest absolute Gasteiger partial charge is 0.313 e. The molecule has 1 aliphatic heterocycles. The Bertz CT molecular complexity index is 378. The van der Waals surface area contributed by atoms with E-state index >= 15 is 0 Å². The van der Waals surface area contributed by atoms with Crippen LogP contribution in [0.15, 0.2) is 6.07 Å². The summed E-state index contributed by atoms with van der Waals surface area (Å²) in [4.78, 5) is 11.6. The fourth-order valence-electron chi connectivity index (χ4n) is 2.29. The number of piperazine rings is 1. The first kappa shape index (κ1) is 12.5. The molecule has 1 aromatic rings. The van der Waals surface area contributed by atoms with Gasteiger partial charge in [0.1, 0.15) is 5.82 Å². The zero-order valence-electron chi connectivity index (χ0n) is 11.0. The summed E-state index contributed by atoms with van der Waals surface area (Å²) in [6, 6.07) is 2.42. The lowest BCUT2D eigenvalue weighted by Gasteiger charge is -2.32. The molecule has 4 nitrogen and oxygen atoms in total. The average molecular weight is 234 g/mol. The van der Waals surface area contributed by atoms with Crippen molar-refractivity contribution in [2.24, 2.45) is 0 Å². The van der Waals surface area contributed by atoms with Gasteiger partial charge in [0.05, 0.1) is 6.04 Å². The Balaban J connectivity index is 2.24. The second-order valence-electron chi connectivity index (χ2n) is 4.81. The smallest absolute Gasteiger partial charge is 0.147 e. The first-order valence-corrected chi connectivity index (χ1v) is 6.46. The van der Waals surface area contributed by atoms with Crippen molar-refractivity contribution in [3.63, 3.8) is 0 Å². The van der Waals surface area contributed by atoms with E-state index in [-0.39, 0.29) is 0 Å². The summed E-state index contributed by atoms with van der Waals surface area (Å²) in [6.07, 6.45) is 2.18. The second kappa shape index (κ2) is 5.56. The van der Waals surface area contributed by atoms with Crippen molar-refractivity contribution in [2.75, 3.05) is 26.7 Å². The zero-order valence-corrected chi connectivity index (χ0v) is 11.0. The zero-order chi connectivity index (χ0) is 12.3. The summed E-state index contributed by atoms with van der Waals surface area (Å²) in [5.74, 6) is 0.975. The van der Waals surface area contributed by atoms with Crippen LogP contribution in [0.3, 0.4) is 0 Å². The maximum absolute atomic E-state index is 4.70. The van der Waals surface area contributed by atoms with Crippen molar-refractivity contribution in [1.82, 2.24) is 20.2 Å². The molecule has 2 heterocycles. The van der Waals surface area contributed by atoms with Crippen LogP contribution in [-0.2, 0) is 6.42 Å². The highest BCUT2D eigenvalue weighted by molar-refractivity contribution is 5.13. The molecule has 0 aliphatic carbocycles. The normalized spacial score (nSPS) is 21.7. The number of nitrogens with zero attached hydrogens (tertiary/aromatic N) is 3. The maximum Gasteiger partial charge on any atom is 0.147 e. The molecule has 4 heteroatoms. The molecule has 2 rings (SSSR count). The topological polar surface area (TPSA) is 41.1 Å². The SMILES string of the molecule is CCCc1cc(C)nc(C2CNCCN2C)n1. The Morgan fingerprint density at radius 2 is 2.29 bits per heavy atom. The van der Waals surface area contributed by atoms with Crippen LogP contribution in [0.25, 0.3) is 0 Å². The third-order valence-corrected chi connectivity index (χ3v) is 3.24. The van der Waals surface area contributed by atoms with Crippen LogP contribution in [0.4, 0.5) is 0 Å². The van der Waals surface area contributed by atoms with Crippen LogP contribution >= 0.6 is 0 Å². The van der Waals surface area contributed by atoms with E-state index in [4.69, 9.17) is 4.98 Å². The maximum atomic E-state index is 4.70. The molecule has 1 unspecified atom stereocenters. The van der Waals surface area contributed by atoms with E-state index in [2.05, 4.69) is 42.2 Å². The fraction of sp³-hybridized carbons (Fsp3) is 0.692. The summed E-state index contributed by atoms with van der Waals surface area (Å²) < 4.78 is 0. The van der Waals surface area contributed by atoms with Crippen molar-refractivity contribution in [1.29, 1.82) is 0 Å². The Kier molecular flexibility index (Phi) is 4.07. The van der Waals surface area contributed by atoms with E-state index in [1.165, 1.54) is 5.69 Å². The molecule has 1 aromatic heterocycles. The Hall–Kier alpha value is -1.00. The number of aryl methyl sites for hydroxylation is 2. The molecular formula is C13H22N4. The number of rotatable bonds is 3. The predicted molar refractivity (Wildman–Crippen MR) is 69.0 cm³/mol. The van der Waals surface area contributed by atoms with Crippen LogP contribution in [0.2, 0.25) is 0 Å². The summed E-state index contributed by atoms with van der Waals surface area (Å²) in [5, 5.41) is 3.41. The van der Waals surface area contributed by atoms with Crippen LogP contribution in [0, 0.1) is 6.92 Å². The van der Waals surface area contributed by atoms with Crippen LogP contribution in [-0.4, -0.2) is 41.5 Å². The van der Waals surface area contributed by atoms with Gasteiger partial charge in [0.15, 0.2) is 0 Å². The van der Waals surface area contributed by atoms with Gasteiger partial charge in [-0.15, -0.1) is 0 Å². The number of likely N-dealkylation sites (N-methyl/N-ethyl adjacent to an activating group) is 1. The van der Waals surface area contributed by atoms with Gasteiger partial charge in [0.2, 0.25) is 0 Å². The quantitative estimate of drug-likeness (QED) is 0.856. The molecule has 1 N–H and O–H groups in total. The number of hydrogen-bond acceptors (Lipinski definition) is 4. The van der Waals surface area contributed by atoms with Crippen LogP contribution < -0.4 is 5.32 Å². The highest BCUT2D eigenvalue weighted by Gasteiger charge is 2.23. The first-order chi connectivity index (χ1) is 8.20. The number of aromatic nitrogens is 2. The molecule has 0 aromatic carbocycles. The third-order valence-electron chi connectivity index (χ3n) is 3.24. The minimum Gasteiger partial charge on any atom is -0.313 e. The third kappa shape index (κ3) is 3.01. The molecule has 17 heavy (non-hydrogen) atoms. The number of nitrogens with one attached hydrogen (secondary N) is 1. The van der Waals surface area contributed by atoms with Gasteiger partial charge in [-0.2, -0.15) is 0 Å². The molecule has 0 bridgehead atoms. The molecule has 1 saturated heterocycles. The van der Waals surface area contributed by atoms with Crippen molar-refractivity contribution < 1.29 is 0 Å². The molecule has 1 aliphatic rings. The molecule has 0 amide bonds. The monoisotopic (exact) mass is 234 g/mol. The summed E-state index contributed by atoms with van der Waals surface area (Å²) in [6.45, 7) is 7.31. The lowest BCUT2D eigenvalue weighted by molar-refractivity contribution is 0.193. The van der Waals surface area contributed by atoms with Gasteiger partial charge < -0.3 is 5.32 Å². The van der Waals surface area contributed by atoms with Crippen molar-refractivity contribution in [2.45, 2.75) is 32.7 Å². The Morgan fingerprint density at radius 3 is 3.00 bits per heavy atom. The molecule has 1 fully saturated rings. The van der Waals surface area contributed by atoms with E-state index in [1.54, 1.807) is 0 Å². The van der Waals surface area contributed by atoms with Gasteiger partial charge in [0, 0.05) is 31.0 Å². The lowest BCUT2D eigenvalue weighted by atomic mass is 10.1. The molecule has 94 valence electrons. The molecule has 0 spiro atoms. The van der Waals surface area contributed by atoms with Gasteiger partial charge in [-0.25, -0.2) is 9.97 Å². The molecule has 1 atom stereocenters. The van der Waals surface area contributed by atoms with Gasteiger partial charge in [-0.1, -0.05) is 13.3 Å². The van der Waals surface area contributed by atoms with E-state index in [9.17, 15) is 0 Å². The van der Waals surface area contributed by atoms with Gasteiger partial charge >= 0.3 is 0 Å². The standard InChI is InChI=1S/C13H22N4/c1-4-5-11-8-10(2)15-13(16-11)12-9-14-6-7-17(12)3/h8,12,14H,4-7,9H2,1-3H3. The van der Waals surface area contributed by atoms with E-state index in [0.29, 0.717) is 6.04 Å². The second-order valence-corrected chi connectivity index (χ2v) is 4.81. The molecule has 0 saturated carbocycles. The van der Waals surface area contributed by atoms with Crippen LogP contribution in [0.1, 0.15) is 36.6 Å².